The van der Waals surface area contributed by atoms with E-state index in [0.29, 0.717) is 35.1 Å². The van der Waals surface area contributed by atoms with Gasteiger partial charge in [-0.15, -0.1) is 0 Å². The van der Waals surface area contributed by atoms with E-state index < -0.39 is 0 Å². The molecule has 0 aliphatic carbocycles. The Labute approximate surface area is 151 Å². The second-order valence-electron chi connectivity index (χ2n) is 5.05. The smallest absolute Gasteiger partial charge is 0.213 e. The number of nitrogens with zero attached hydrogens (tertiary/aromatic N) is 3. The molecule has 0 aliphatic rings. The van der Waals surface area contributed by atoms with Crippen LogP contribution in [0.3, 0.4) is 0 Å². The molecule has 0 amide bonds. The van der Waals surface area contributed by atoms with Gasteiger partial charge in [0.15, 0.2) is 5.96 Å². The predicted octanol–water partition coefficient (Wildman–Crippen LogP) is 2.99. The molecule has 0 aliphatic heterocycles. The lowest BCUT2D eigenvalue weighted by Gasteiger charge is -2.12. The number of nitrogens with one attached hydrogen (secondary N) is 2. The third-order valence-electron chi connectivity index (χ3n) is 3.39. The predicted molar refractivity (Wildman–Crippen MR) is 97.9 cm³/mol. The molecule has 2 N–H and O–H groups in total. The van der Waals surface area contributed by atoms with Gasteiger partial charge in [0.2, 0.25) is 5.88 Å². The maximum atomic E-state index is 6.08. The van der Waals surface area contributed by atoms with E-state index in [1.807, 2.05) is 36.7 Å². The van der Waals surface area contributed by atoms with Crippen LogP contribution in [0.2, 0.25) is 10.2 Å². The van der Waals surface area contributed by atoms with Crippen molar-refractivity contribution in [3.8, 4) is 5.88 Å². The number of guanidine groups is 1. The van der Waals surface area contributed by atoms with Crippen LogP contribution in [-0.4, -0.2) is 29.2 Å². The number of halogens is 2. The lowest BCUT2D eigenvalue weighted by Crippen LogP contribution is -2.37. The first kappa shape index (κ1) is 18.4. The number of rotatable bonds is 6. The number of methoxy groups -OCH3 is 1. The topological polar surface area (TPSA) is 63.5 Å². The van der Waals surface area contributed by atoms with Crippen molar-refractivity contribution >= 4 is 29.2 Å². The van der Waals surface area contributed by atoms with Gasteiger partial charge in [0.05, 0.1) is 30.9 Å². The van der Waals surface area contributed by atoms with E-state index in [1.165, 1.54) is 0 Å². The molecule has 130 valence electrons. The van der Waals surface area contributed by atoms with Crippen LogP contribution >= 0.6 is 23.2 Å². The van der Waals surface area contributed by atoms with Crippen LogP contribution in [0.15, 0.2) is 29.3 Å². The standard InChI is InChI=1S/C16H21Cl2N5O/c1-4-19-16(20-9-11-6-5-7-14(22-11)24-3)21-10-12-8-13(17)15(18)23(12)2/h5-8H,4,9-10H2,1-3H3,(H2,19,20,21). The second-order valence-corrected chi connectivity index (χ2v) is 5.82. The van der Waals surface area contributed by atoms with Gasteiger partial charge in [0.25, 0.3) is 0 Å². The molecule has 0 radical (unpaired) electrons. The SMILES string of the molecule is CCNC(=NCc1cccc(OC)n1)NCc1cc(Cl)c(Cl)n1C. The quantitative estimate of drug-likeness (QED) is 0.606. The first-order chi connectivity index (χ1) is 11.5. The number of hydrogen-bond donors (Lipinski definition) is 2. The van der Waals surface area contributed by atoms with E-state index in [9.17, 15) is 0 Å². The van der Waals surface area contributed by atoms with Crippen LogP contribution in [0.5, 0.6) is 5.88 Å². The Morgan fingerprint density at radius 3 is 2.75 bits per heavy atom. The van der Waals surface area contributed by atoms with Crippen LogP contribution < -0.4 is 15.4 Å². The summed E-state index contributed by atoms with van der Waals surface area (Å²) < 4.78 is 6.96. The molecule has 8 heteroatoms. The van der Waals surface area contributed by atoms with Crippen molar-refractivity contribution < 1.29 is 4.74 Å². The number of aromatic nitrogens is 2. The summed E-state index contributed by atoms with van der Waals surface area (Å²) in [6, 6.07) is 7.45. The summed E-state index contributed by atoms with van der Waals surface area (Å²) in [6.07, 6.45) is 0. The Kier molecular flexibility index (Phi) is 6.75. The zero-order valence-corrected chi connectivity index (χ0v) is 15.4. The summed E-state index contributed by atoms with van der Waals surface area (Å²) in [6.45, 7) is 3.77. The summed E-state index contributed by atoms with van der Waals surface area (Å²) in [5, 5.41) is 7.52. The number of pyridine rings is 1. The summed E-state index contributed by atoms with van der Waals surface area (Å²) >= 11 is 12.1. The van der Waals surface area contributed by atoms with Gasteiger partial charge in [-0.2, -0.15) is 0 Å². The average Bonchev–Trinajstić information content (AvgIpc) is 2.84. The Morgan fingerprint density at radius 1 is 1.33 bits per heavy atom. The molecule has 0 saturated carbocycles. The molecule has 6 nitrogen and oxygen atoms in total. The lowest BCUT2D eigenvalue weighted by atomic mass is 10.3. The number of hydrogen-bond acceptors (Lipinski definition) is 3. The average molecular weight is 370 g/mol. The first-order valence-electron chi connectivity index (χ1n) is 7.56. The zero-order valence-electron chi connectivity index (χ0n) is 13.9. The van der Waals surface area contributed by atoms with Gasteiger partial charge in [0.1, 0.15) is 5.15 Å². The normalized spacial score (nSPS) is 11.5. The van der Waals surface area contributed by atoms with Crippen molar-refractivity contribution in [2.75, 3.05) is 13.7 Å². The Bertz CT molecular complexity index is 714. The van der Waals surface area contributed by atoms with Crippen LogP contribution in [0.25, 0.3) is 0 Å². The largest absolute Gasteiger partial charge is 0.481 e. The van der Waals surface area contributed by atoms with Crippen LogP contribution in [-0.2, 0) is 20.1 Å². The number of aliphatic imine (C=N–C) groups is 1. The van der Waals surface area contributed by atoms with Crippen molar-refractivity contribution in [2.24, 2.45) is 12.0 Å². The van der Waals surface area contributed by atoms with Crippen molar-refractivity contribution in [3.63, 3.8) is 0 Å². The molecular formula is C16H21Cl2N5O. The molecule has 0 bridgehead atoms. The van der Waals surface area contributed by atoms with Crippen LogP contribution in [0.1, 0.15) is 18.3 Å². The van der Waals surface area contributed by atoms with Crippen molar-refractivity contribution in [2.45, 2.75) is 20.0 Å². The molecule has 2 aromatic rings. The zero-order chi connectivity index (χ0) is 17.5. The van der Waals surface area contributed by atoms with Gasteiger partial charge in [-0.05, 0) is 19.1 Å². The van der Waals surface area contributed by atoms with E-state index in [1.54, 1.807) is 13.2 Å². The molecule has 0 atom stereocenters. The highest BCUT2D eigenvalue weighted by atomic mass is 35.5. The first-order valence-corrected chi connectivity index (χ1v) is 8.32. The molecule has 2 heterocycles. The Morgan fingerprint density at radius 2 is 2.12 bits per heavy atom. The van der Waals surface area contributed by atoms with Crippen molar-refractivity contribution in [1.82, 2.24) is 20.2 Å². The molecule has 0 unspecified atom stereocenters. The summed E-state index contributed by atoms with van der Waals surface area (Å²) in [5.41, 5.74) is 1.80. The van der Waals surface area contributed by atoms with Gasteiger partial charge in [-0.1, -0.05) is 29.3 Å². The van der Waals surface area contributed by atoms with Gasteiger partial charge in [0, 0.05) is 25.4 Å². The Balaban J connectivity index is 2.03. The molecular weight excluding hydrogens is 349 g/mol. The lowest BCUT2D eigenvalue weighted by molar-refractivity contribution is 0.396. The maximum Gasteiger partial charge on any atom is 0.213 e. The highest BCUT2D eigenvalue weighted by Crippen LogP contribution is 2.24. The van der Waals surface area contributed by atoms with E-state index >= 15 is 0 Å². The highest BCUT2D eigenvalue weighted by Gasteiger charge is 2.09. The summed E-state index contributed by atoms with van der Waals surface area (Å²) in [5.74, 6) is 1.27. The van der Waals surface area contributed by atoms with Gasteiger partial charge >= 0.3 is 0 Å². The molecule has 2 aromatic heterocycles. The second kappa shape index (κ2) is 8.80. The molecule has 0 fully saturated rings. The molecule has 24 heavy (non-hydrogen) atoms. The molecule has 0 spiro atoms. The maximum absolute atomic E-state index is 6.08. The monoisotopic (exact) mass is 369 g/mol. The number of ether oxygens (including phenoxy) is 1. The summed E-state index contributed by atoms with van der Waals surface area (Å²) in [4.78, 5) is 8.88. The van der Waals surface area contributed by atoms with E-state index in [-0.39, 0.29) is 0 Å². The van der Waals surface area contributed by atoms with Crippen molar-refractivity contribution in [1.29, 1.82) is 0 Å². The minimum atomic E-state index is 0.446. The fraction of sp³-hybridized carbons (Fsp3) is 0.375. The molecule has 2 rings (SSSR count). The minimum absolute atomic E-state index is 0.446. The van der Waals surface area contributed by atoms with Crippen molar-refractivity contribution in [3.05, 3.63) is 45.8 Å². The van der Waals surface area contributed by atoms with Crippen LogP contribution in [0.4, 0.5) is 0 Å². The van der Waals surface area contributed by atoms with Gasteiger partial charge in [-0.25, -0.2) is 9.98 Å². The van der Waals surface area contributed by atoms with E-state index in [0.717, 1.165) is 17.9 Å². The fourth-order valence-electron chi connectivity index (χ4n) is 2.09. The Hall–Kier alpha value is -1.92. The van der Waals surface area contributed by atoms with Gasteiger partial charge in [-0.3, -0.25) is 0 Å². The van der Waals surface area contributed by atoms with Gasteiger partial charge < -0.3 is 19.9 Å². The molecule has 0 aromatic carbocycles. The van der Waals surface area contributed by atoms with E-state index in [2.05, 4.69) is 20.6 Å². The third-order valence-corrected chi connectivity index (χ3v) is 4.23. The van der Waals surface area contributed by atoms with Crippen LogP contribution in [0, 0.1) is 0 Å². The highest BCUT2D eigenvalue weighted by molar-refractivity contribution is 6.41. The third kappa shape index (κ3) is 4.79. The minimum Gasteiger partial charge on any atom is -0.481 e. The fourth-order valence-corrected chi connectivity index (χ4v) is 2.51. The molecule has 0 saturated heterocycles. The van der Waals surface area contributed by atoms with E-state index in [4.69, 9.17) is 27.9 Å². The summed E-state index contributed by atoms with van der Waals surface area (Å²) in [7, 11) is 3.46.